The van der Waals surface area contributed by atoms with Crippen LogP contribution < -0.4 is 0 Å². The Bertz CT molecular complexity index is 1220. The lowest BCUT2D eigenvalue weighted by molar-refractivity contribution is -0.263. The number of hydroxylamine groups is 2. The molecule has 0 saturated carbocycles. The number of aliphatic hydroxyl groups is 1. The number of methoxy groups -OCH3 is 1. The van der Waals surface area contributed by atoms with E-state index < -0.39 is 23.1 Å². The predicted molar refractivity (Wildman–Crippen MR) is 127 cm³/mol. The highest BCUT2D eigenvalue weighted by Crippen LogP contribution is 2.62. The molecular weight excluding hydrogens is 450 g/mol. The molecular formula is C27H29NO5S. The zero-order chi connectivity index (χ0) is 23.8. The molecule has 6 rings (SSSR count). The Kier molecular flexibility index (Phi) is 4.86. The van der Waals surface area contributed by atoms with Crippen molar-refractivity contribution in [3.8, 4) is 0 Å². The topological polar surface area (TPSA) is 76.1 Å². The number of thiophene rings is 1. The van der Waals surface area contributed by atoms with Crippen molar-refractivity contribution in [1.29, 1.82) is 0 Å². The van der Waals surface area contributed by atoms with Crippen molar-refractivity contribution in [2.24, 2.45) is 11.3 Å². The largest absolute Gasteiger partial charge is 0.467 e. The molecule has 0 bridgehead atoms. The van der Waals surface area contributed by atoms with Gasteiger partial charge in [-0.3, -0.25) is 4.79 Å². The van der Waals surface area contributed by atoms with Crippen LogP contribution in [0.3, 0.4) is 0 Å². The van der Waals surface area contributed by atoms with Crippen LogP contribution in [0.15, 0.2) is 62.5 Å². The van der Waals surface area contributed by atoms with E-state index in [2.05, 4.69) is 11.4 Å². The average Bonchev–Trinajstić information content (AvgIpc) is 3.54. The summed E-state index contributed by atoms with van der Waals surface area (Å²) in [7, 11) is 1.36. The summed E-state index contributed by atoms with van der Waals surface area (Å²) in [5, 5.41) is 16.9. The van der Waals surface area contributed by atoms with Crippen LogP contribution in [0, 0.1) is 11.3 Å². The number of hydrogen-bond donors (Lipinski definition) is 1. The first kappa shape index (κ1) is 22.0. The van der Waals surface area contributed by atoms with E-state index in [1.54, 1.807) is 17.4 Å². The Morgan fingerprint density at radius 3 is 2.88 bits per heavy atom. The van der Waals surface area contributed by atoms with Gasteiger partial charge in [-0.15, -0.1) is 0 Å². The van der Waals surface area contributed by atoms with Crippen LogP contribution in [-0.2, 0) is 25.7 Å². The fourth-order valence-corrected chi connectivity index (χ4v) is 7.35. The second kappa shape index (κ2) is 7.51. The lowest BCUT2D eigenvalue weighted by atomic mass is 9.54. The van der Waals surface area contributed by atoms with Crippen LogP contribution in [0.4, 0.5) is 0 Å². The summed E-state index contributed by atoms with van der Waals surface area (Å²) < 4.78 is 5.40. The van der Waals surface area contributed by atoms with E-state index >= 15 is 0 Å². The molecule has 4 atom stereocenters. The zero-order valence-corrected chi connectivity index (χ0v) is 20.5. The maximum atomic E-state index is 13.8. The molecule has 4 aliphatic carbocycles. The summed E-state index contributed by atoms with van der Waals surface area (Å²) in [6.07, 6.45) is 6.80. The first-order valence-electron chi connectivity index (χ1n) is 12.0. The van der Waals surface area contributed by atoms with Gasteiger partial charge in [0.2, 0.25) is 5.60 Å². The van der Waals surface area contributed by atoms with Crippen LogP contribution in [0.2, 0.25) is 0 Å². The number of allylic oxidation sites excluding steroid dienone is 3. The number of esters is 1. The number of rotatable bonds is 3. The first-order chi connectivity index (χ1) is 16.3. The molecule has 5 aliphatic rings. The average molecular weight is 480 g/mol. The second-order valence-electron chi connectivity index (χ2n) is 10.3. The molecule has 1 N–H and O–H groups in total. The van der Waals surface area contributed by atoms with Crippen LogP contribution in [0.1, 0.15) is 51.5 Å². The second-order valence-corrected chi connectivity index (χ2v) is 11.1. The van der Waals surface area contributed by atoms with Gasteiger partial charge in [-0.25, -0.2) is 14.7 Å². The molecule has 0 amide bonds. The molecule has 0 radical (unpaired) electrons. The summed E-state index contributed by atoms with van der Waals surface area (Å²) in [6, 6.07) is 2.06. The highest BCUT2D eigenvalue weighted by Gasteiger charge is 2.68. The summed E-state index contributed by atoms with van der Waals surface area (Å²) in [4.78, 5) is 34.1. The van der Waals surface area contributed by atoms with E-state index in [4.69, 9.17) is 9.57 Å². The van der Waals surface area contributed by atoms with Crippen molar-refractivity contribution >= 4 is 23.1 Å². The van der Waals surface area contributed by atoms with Crippen LogP contribution in [0.5, 0.6) is 0 Å². The Hall–Kier alpha value is -2.48. The number of ketones is 1. The van der Waals surface area contributed by atoms with Gasteiger partial charge in [-0.1, -0.05) is 25.5 Å². The smallest absolute Gasteiger partial charge is 0.346 e. The number of fused-ring (bicyclic) bond motifs is 5. The number of carbonyl (C=O) groups excluding carboxylic acids is 2. The predicted octanol–water partition coefficient (Wildman–Crippen LogP) is 4.39. The number of hydrogen-bond acceptors (Lipinski definition) is 7. The van der Waals surface area contributed by atoms with Gasteiger partial charge in [0.25, 0.3) is 0 Å². The highest BCUT2D eigenvalue weighted by molar-refractivity contribution is 7.07. The third-order valence-corrected chi connectivity index (χ3v) is 9.17. The van der Waals surface area contributed by atoms with Crippen LogP contribution >= 0.6 is 11.3 Å². The molecule has 0 spiro atoms. The summed E-state index contributed by atoms with van der Waals surface area (Å²) in [5.41, 5.74) is 4.30. The Morgan fingerprint density at radius 2 is 2.15 bits per heavy atom. The summed E-state index contributed by atoms with van der Waals surface area (Å²) in [6.45, 7) is 4.26. The molecule has 0 fully saturated rings. The van der Waals surface area contributed by atoms with Gasteiger partial charge >= 0.3 is 5.97 Å². The van der Waals surface area contributed by atoms with Crippen molar-refractivity contribution in [2.75, 3.05) is 7.11 Å². The minimum atomic E-state index is -1.54. The molecule has 0 unspecified atom stereocenters. The monoisotopic (exact) mass is 479 g/mol. The Labute approximate surface area is 203 Å². The molecule has 2 heterocycles. The zero-order valence-electron chi connectivity index (χ0n) is 19.7. The summed E-state index contributed by atoms with van der Waals surface area (Å²) in [5.74, 6) is -0.825. The highest BCUT2D eigenvalue weighted by atomic mass is 32.1. The fraction of sp³-hybridized carbons (Fsp3) is 0.481. The molecule has 1 aromatic heterocycles. The van der Waals surface area contributed by atoms with E-state index in [0.29, 0.717) is 17.7 Å². The van der Waals surface area contributed by atoms with E-state index in [9.17, 15) is 14.7 Å². The van der Waals surface area contributed by atoms with Crippen molar-refractivity contribution in [2.45, 2.75) is 64.2 Å². The van der Waals surface area contributed by atoms with Gasteiger partial charge in [0, 0.05) is 22.5 Å². The van der Waals surface area contributed by atoms with E-state index in [-0.39, 0.29) is 18.1 Å². The Balaban J connectivity index is 1.60. The van der Waals surface area contributed by atoms with Crippen LogP contribution in [0.25, 0.3) is 0 Å². The standard InChI is InChI=1S/C27H29NO5S/c1-15-9-21-22(29)11-20-19-10-17-5-4-6-18(17)24(19)28(13-16-7-8-34-14-16)33-27(20,25(31)32-3)26(21,2)12-23(15)30/h7-9,11,14-15,23,30H,4-6,10,12-13H2,1-3H3/t15-,23-,26-,27+/m0/s1. The molecule has 1 aromatic rings. The minimum absolute atomic E-state index is 0.107. The maximum absolute atomic E-state index is 13.8. The molecule has 7 heteroatoms. The normalized spacial score (nSPS) is 34.4. The third-order valence-electron chi connectivity index (χ3n) is 8.44. The van der Waals surface area contributed by atoms with Gasteiger partial charge < -0.3 is 9.84 Å². The van der Waals surface area contributed by atoms with Gasteiger partial charge in [-0.2, -0.15) is 11.3 Å². The van der Waals surface area contributed by atoms with Crippen molar-refractivity contribution in [3.63, 3.8) is 0 Å². The van der Waals surface area contributed by atoms with Gasteiger partial charge in [0.1, 0.15) is 0 Å². The number of carbonyl (C=O) groups is 2. The van der Waals surface area contributed by atoms with E-state index in [0.717, 1.165) is 42.5 Å². The van der Waals surface area contributed by atoms with Crippen molar-refractivity contribution < 1.29 is 24.3 Å². The van der Waals surface area contributed by atoms with Crippen LogP contribution in [-0.4, -0.2) is 40.7 Å². The van der Waals surface area contributed by atoms with E-state index in [1.807, 2.05) is 30.4 Å². The lowest BCUT2D eigenvalue weighted by Crippen LogP contribution is -2.66. The molecule has 178 valence electrons. The molecule has 1 aliphatic heterocycles. The number of aliphatic hydroxyl groups excluding tert-OH is 1. The number of ether oxygens (including phenoxy) is 1. The van der Waals surface area contributed by atoms with Gasteiger partial charge in [0.15, 0.2) is 5.78 Å². The summed E-state index contributed by atoms with van der Waals surface area (Å²) >= 11 is 1.62. The molecule has 34 heavy (non-hydrogen) atoms. The molecule has 0 aromatic carbocycles. The van der Waals surface area contributed by atoms with Crippen molar-refractivity contribution in [3.05, 3.63) is 68.1 Å². The van der Waals surface area contributed by atoms with Crippen molar-refractivity contribution in [1.82, 2.24) is 5.06 Å². The van der Waals surface area contributed by atoms with Gasteiger partial charge in [-0.05, 0) is 71.7 Å². The first-order valence-corrected chi connectivity index (χ1v) is 12.9. The Morgan fingerprint density at radius 1 is 1.32 bits per heavy atom. The molecule has 0 saturated heterocycles. The number of nitrogens with zero attached hydrogens (tertiary/aromatic N) is 1. The molecule has 6 nitrogen and oxygen atoms in total. The van der Waals surface area contributed by atoms with E-state index in [1.165, 1.54) is 18.3 Å². The maximum Gasteiger partial charge on any atom is 0.346 e. The quantitative estimate of drug-likeness (QED) is 0.648. The SMILES string of the molecule is COC(=O)[C@]12ON(Cc3ccsc3)C3=C(CC4=C3CCC4)C1=CC(=O)C1=C[C@H](C)[C@@H](O)C[C@@]12C. The lowest BCUT2D eigenvalue weighted by Gasteiger charge is -2.56. The minimum Gasteiger partial charge on any atom is -0.467 e. The van der Waals surface area contributed by atoms with Gasteiger partial charge in [0.05, 0.1) is 25.5 Å². The fourth-order valence-electron chi connectivity index (χ4n) is 6.69. The third kappa shape index (κ3) is 2.75.